The van der Waals surface area contributed by atoms with Crippen LogP contribution in [-0.4, -0.2) is 23.6 Å². The molecule has 0 atom stereocenters. The van der Waals surface area contributed by atoms with Crippen LogP contribution >= 0.6 is 15.9 Å². The maximum Gasteiger partial charge on any atom is 0.134 e. The maximum atomic E-state index is 5.74. The third-order valence-corrected chi connectivity index (χ3v) is 4.05. The van der Waals surface area contributed by atoms with E-state index in [4.69, 9.17) is 4.74 Å². The van der Waals surface area contributed by atoms with Gasteiger partial charge in [0, 0.05) is 35.6 Å². The maximum absolute atomic E-state index is 5.74. The molecule has 0 saturated carbocycles. The van der Waals surface area contributed by atoms with Crippen molar-refractivity contribution in [2.75, 3.05) is 24.3 Å². The summed E-state index contributed by atoms with van der Waals surface area (Å²) in [6, 6.07) is 4.22. The second-order valence-corrected chi connectivity index (χ2v) is 5.87. The van der Waals surface area contributed by atoms with E-state index in [2.05, 4.69) is 48.7 Å². The van der Waals surface area contributed by atoms with Gasteiger partial charge in [-0.1, -0.05) is 15.9 Å². The lowest BCUT2D eigenvalue weighted by atomic mass is 10.1. The van der Waals surface area contributed by atoms with Crippen LogP contribution in [-0.2, 0) is 13.0 Å². The van der Waals surface area contributed by atoms with E-state index in [1.807, 2.05) is 14.0 Å². The van der Waals surface area contributed by atoms with Gasteiger partial charge in [-0.15, -0.1) is 0 Å². The number of benzene rings is 1. The van der Waals surface area contributed by atoms with Crippen LogP contribution in [0.2, 0.25) is 0 Å². The molecule has 0 amide bonds. The van der Waals surface area contributed by atoms with Crippen LogP contribution in [0.4, 0.5) is 11.6 Å². The SMILES string of the molecule is CNc1ncnc(NCc2cc(Br)cc3c2OCC3)c1C. The van der Waals surface area contributed by atoms with Crippen LogP contribution in [0.5, 0.6) is 5.75 Å². The summed E-state index contributed by atoms with van der Waals surface area (Å²) in [5.74, 6) is 2.68. The first-order valence-corrected chi connectivity index (χ1v) is 7.65. The first-order chi connectivity index (χ1) is 10.2. The fourth-order valence-corrected chi connectivity index (χ4v) is 3.09. The molecule has 0 unspecified atom stereocenters. The third kappa shape index (κ3) is 2.81. The van der Waals surface area contributed by atoms with Crippen LogP contribution in [0.15, 0.2) is 22.9 Å². The molecule has 1 aromatic heterocycles. The number of nitrogens with zero attached hydrogens (tertiary/aromatic N) is 2. The third-order valence-electron chi connectivity index (χ3n) is 3.59. The lowest BCUT2D eigenvalue weighted by Crippen LogP contribution is -2.07. The minimum absolute atomic E-state index is 0.669. The van der Waals surface area contributed by atoms with Crippen molar-refractivity contribution >= 4 is 27.6 Å². The standard InChI is InChI=1S/C15H17BrN4O/c1-9-14(17-2)19-8-20-15(9)18-7-11-6-12(16)5-10-3-4-21-13(10)11/h5-6,8H,3-4,7H2,1-2H3,(H2,17,18,19,20). The Labute approximate surface area is 132 Å². The van der Waals surface area contributed by atoms with Crippen molar-refractivity contribution in [2.45, 2.75) is 19.9 Å². The lowest BCUT2D eigenvalue weighted by Gasteiger charge is -2.13. The van der Waals surface area contributed by atoms with Gasteiger partial charge >= 0.3 is 0 Å². The van der Waals surface area contributed by atoms with E-state index in [0.717, 1.165) is 46.0 Å². The smallest absolute Gasteiger partial charge is 0.134 e. The molecular weight excluding hydrogens is 332 g/mol. The molecule has 0 spiro atoms. The van der Waals surface area contributed by atoms with E-state index in [9.17, 15) is 0 Å². The zero-order valence-electron chi connectivity index (χ0n) is 12.0. The van der Waals surface area contributed by atoms with Gasteiger partial charge in [-0.25, -0.2) is 9.97 Å². The van der Waals surface area contributed by atoms with Crippen LogP contribution in [0.1, 0.15) is 16.7 Å². The second kappa shape index (κ2) is 5.89. The fourth-order valence-electron chi connectivity index (χ4n) is 2.54. The number of fused-ring (bicyclic) bond motifs is 1. The molecule has 0 aliphatic carbocycles. The summed E-state index contributed by atoms with van der Waals surface area (Å²) in [5.41, 5.74) is 3.41. The Morgan fingerprint density at radius 2 is 2.10 bits per heavy atom. The summed E-state index contributed by atoms with van der Waals surface area (Å²) < 4.78 is 6.82. The Hall–Kier alpha value is -1.82. The summed E-state index contributed by atoms with van der Waals surface area (Å²) >= 11 is 3.56. The summed E-state index contributed by atoms with van der Waals surface area (Å²) in [7, 11) is 1.86. The molecule has 110 valence electrons. The van der Waals surface area contributed by atoms with Crippen LogP contribution in [0.3, 0.4) is 0 Å². The predicted molar refractivity (Wildman–Crippen MR) is 87.0 cm³/mol. The first kappa shape index (κ1) is 14.1. The van der Waals surface area contributed by atoms with Crippen molar-refractivity contribution in [3.63, 3.8) is 0 Å². The van der Waals surface area contributed by atoms with Crippen LogP contribution < -0.4 is 15.4 Å². The molecule has 0 bridgehead atoms. The zero-order valence-corrected chi connectivity index (χ0v) is 13.6. The number of anilines is 2. The van der Waals surface area contributed by atoms with Crippen LogP contribution in [0.25, 0.3) is 0 Å². The van der Waals surface area contributed by atoms with E-state index >= 15 is 0 Å². The highest BCUT2D eigenvalue weighted by Gasteiger charge is 2.17. The zero-order chi connectivity index (χ0) is 14.8. The van der Waals surface area contributed by atoms with Crippen molar-refractivity contribution < 1.29 is 4.74 Å². The van der Waals surface area contributed by atoms with E-state index in [-0.39, 0.29) is 0 Å². The molecule has 0 fully saturated rings. The topological polar surface area (TPSA) is 59.1 Å². The summed E-state index contributed by atoms with van der Waals surface area (Å²) in [5, 5.41) is 6.43. The van der Waals surface area contributed by atoms with Gasteiger partial charge in [0.1, 0.15) is 23.7 Å². The van der Waals surface area contributed by atoms with Gasteiger partial charge in [-0.2, -0.15) is 0 Å². The fraction of sp³-hybridized carbons (Fsp3) is 0.333. The quantitative estimate of drug-likeness (QED) is 0.888. The Kier molecular flexibility index (Phi) is 3.96. The van der Waals surface area contributed by atoms with E-state index in [1.165, 1.54) is 5.56 Å². The Morgan fingerprint density at radius 3 is 2.90 bits per heavy atom. The minimum Gasteiger partial charge on any atom is -0.493 e. The van der Waals surface area contributed by atoms with Gasteiger partial charge in [-0.3, -0.25) is 0 Å². The number of aromatic nitrogens is 2. The van der Waals surface area contributed by atoms with Gasteiger partial charge < -0.3 is 15.4 Å². The predicted octanol–water partition coefficient (Wildman–Crippen LogP) is 3.14. The Morgan fingerprint density at radius 1 is 1.29 bits per heavy atom. The molecule has 0 saturated heterocycles. The second-order valence-electron chi connectivity index (χ2n) is 4.95. The largest absolute Gasteiger partial charge is 0.493 e. The molecule has 6 heteroatoms. The number of rotatable bonds is 4. The molecular formula is C15H17BrN4O. The van der Waals surface area contributed by atoms with Gasteiger partial charge in [0.25, 0.3) is 0 Å². The van der Waals surface area contributed by atoms with E-state index < -0.39 is 0 Å². The minimum atomic E-state index is 0.669. The van der Waals surface area contributed by atoms with Gasteiger partial charge in [0.15, 0.2) is 0 Å². The summed E-state index contributed by atoms with van der Waals surface area (Å²) in [6.45, 7) is 3.42. The van der Waals surface area contributed by atoms with E-state index in [1.54, 1.807) is 6.33 Å². The highest BCUT2D eigenvalue weighted by Crippen LogP contribution is 2.33. The molecule has 0 radical (unpaired) electrons. The molecule has 1 aliphatic rings. The van der Waals surface area contributed by atoms with Gasteiger partial charge in [0.05, 0.1) is 6.61 Å². The molecule has 21 heavy (non-hydrogen) atoms. The van der Waals surface area contributed by atoms with Crippen molar-refractivity contribution in [3.8, 4) is 5.75 Å². The van der Waals surface area contributed by atoms with Crippen molar-refractivity contribution in [3.05, 3.63) is 39.6 Å². The van der Waals surface area contributed by atoms with Gasteiger partial charge in [0.2, 0.25) is 0 Å². The molecule has 1 aliphatic heterocycles. The Balaban J connectivity index is 1.83. The Bertz CT molecular complexity index is 675. The van der Waals surface area contributed by atoms with Crippen molar-refractivity contribution in [1.29, 1.82) is 0 Å². The summed E-state index contributed by atoms with van der Waals surface area (Å²) in [6.07, 6.45) is 2.53. The normalized spacial score (nSPS) is 12.7. The van der Waals surface area contributed by atoms with Crippen molar-refractivity contribution in [2.24, 2.45) is 0 Å². The first-order valence-electron chi connectivity index (χ1n) is 6.86. The van der Waals surface area contributed by atoms with Gasteiger partial charge in [-0.05, 0) is 24.6 Å². The molecule has 3 rings (SSSR count). The lowest BCUT2D eigenvalue weighted by molar-refractivity contribution is 0.354. The van der Waals surface area contributed by atoms with Crippen molar-refractivity contribution in [1.82, 2.24) is 9.97 Å². The number of hydrogen-bond acceptors (Lipinski definition) is 5. The molecule has 5 nitrogen and oxygen atoms in total. The van der Waals surface area contributed by atoms with Crippen LogP contribution in [0, 0.1) is 6.92 Å². The molecule has 2 aromatic rings. The molecule has 1 aromatic carbocycles. The number of ether oxygens (including phenoxy) is 1. The summed E-state index contributed by atoms with van der Waals surface area (Å²) in [4.78, 5) is 8.49. The highest BCUT2D eigenvalue weighted by molar-refractivity contribution is 9.10. The number of nitrogens with one attached hydrogen (secondary N) is 2. The average Bonchev–Trinajstić information content (AvgIpc) is 2.94. The van der Waals surface area contributed by atoms with E-state index in [0.29, 0.717) is 6.54 Å². The number of hydrogen-bond donors (Lipinski definition) is 2. The number of halogens is 1. The monoisotopic (exact) mass is 348 g/mol. The molecule has 2 N–H and O–H groups in total. The highest BCUT2D eigenvalue weighted by atomic mass is 79.9. The molecule has 2 heterocycles. The average molecular weight is 349 g/mol.